The second kappa shape index (κ2) is 5.98. The van der Waals surface area contributed by atoms with Gasteiger partial charge >= 0.3 is 0 Å². The summed E-state index contributed by atoms with van der Waals surface area (Å²) in [5.74, 6) is -3.13. The van der Waals surface area contributed by atoms with E-state index in [9.17, 15) is 0 Å². The number of benzene rings is 2. The molecule has 2 aromatic carbocycles. The molecule has 4 aromatic rings. The van der Waals surface area contributed by atoms with Gasteiger partial charge < -0.3 is 0 Å². The molecular weight excluding hydrogens is 322 g/mol. The molecule has 0 radical (unpaired) electrons. The number of hydrogen-bond acceptors (Lipinski definition) is 2. The average molecular weight is 336 g/mol. The van der Waals surface area contributed by atoms with E-state index in [1.807, 2.05) is 0 Å². The van der Waals surface area contributed by atoms with Gasteiger partial charge in [0.1, 0.15) is 0 Å². The highest BCUT2D eigenvalue weighted by Crippen LogP contribution is 2.37. The van der Waals surface area contributed by atoms with Crippen molar-refractivity contribution in [1.82, 2.24) is 19.6 Å². The van der Waals surface area contributed by atoms with Crippen LogP contribution in [0.5, 0.6) is 0 Å². The van der Waals surface area contributed by atoms with E-state index in [0.29, 0.717) is 11.4 Å². The Morgan fingerprint density at radius 3 is 1.56 bits per heavy atom. The maximum Gasteiger partial charge on any atom is 0.298 e. The molecule has 0 aliphatic carbocycles. The zero-order valence-electron chi connectivity index (χ0n) is 13.1. The Morgan fingerprint density at radius 1 is 0.680 bits per heavy atom. The molecule has 25 heavy (non-hydrogen) atoms. The minimum Gasteiger partial charge on any atom is -0.241 e. The van der Waals surface area contributed by atoms with Crippen LogP contribution in [0.2, 0.25) is 0 Å². The Labute approximate surface area is 143 Å². The van der Waals surface area contributed by atoms with Crippen molar-refractivity contribution >= 4 is 0 Å². The van der Waals surface area contributed by atoms with Crippen LogP contribution in [0.15, 0.2) is 85.5 Å². The van der Waals surface area contributed by atoms with Crippen molar-refractivity contribution in [3.8, 4) is 11.4 Å². The second-order valence-corrected chi connectivity index (χ2v) is 5.58. The molecule has 0 spiro atoms. The maximum absolute atomic E-state index is 15.1. The molecule has 2 aromatic heterocycles. The Morgan fingerprint density at radius 2 is 1.16 bits per heavy atom. The van der Waals surface area contributed by atoms with Crippen LogP contribution in [0.3, 0.4) is 0 Å². The van der Waals surface area contributed by atoms with E-state index in [-0.39, 0.29) is 11.1 Å². The van der Waals surface area contributed by atoms with Crippen LogP contribution in [0, 0.1) is 0 Å². The summed E-state index contributed by atoms with van der Waals surface area (Å²) >= 11 is 0. The lowest BCUT2D eigenvalue weighted by Gasteiger charge is -2.19. The molecule has 0 N–H and O–H groups in total. The molecule has 0 saturated heterocycles. The van der Waals surface area contributed by atoms with Crippen molar-refractivity contribution in [1.29, 1.82) is 0 Å². The van der Waals surface area contributed by atoms with Crippen LogP contribution in [0.1, 0.15) is 11.1 Å². The highest BCUT2D eigenvalue weighted by atomic mass is 19.3. The smallest absolute Gasteiger partial charge is 0.241 e. The zero-order chi connectivity index (χ0) is 17.3. The third kappa shape index (κ3) is 2.82. The molecule has 0 aliphatic rings. The minimum atomic E-state index is -3.13. The maximum atomic E-state index is 15.1. The summed E-state index contributed by atoms with van der Waals surface area (Å²) in [4.78, 5) is 0. The van der Waals surface area contributed by atoms with Gasteiger partial charge in [-0.2, -0.15) is 19.0 Å². The molecule has 0 saturated carbocycles. The summed E-state index contributed by atoms with van der Waals surface area (Å²) < 4.78 is 33.3. The molecule has 0 unspecified atom stereocenters. The fourth-order valence-electron chi connectivity index (χ4n) is 2.70. The quantitative estimate of drug-likeness (QED) is 0.560. The fraction of sp³-hybridized carbons (Fsp3) is 0.0526. The van der Waals surface area contributed by atoms with Crippen LogP contribution >= 0.6 is 0 Å². The van der Waals surface area contributed by atoms with Gasteiger partial charge in [0.05, 0.1) is 11.4 Å². The fourth-order valence-corrected chi connectivity index (χ4v) is 2.70. The summed E-state index contributed by atoms with van der Waals surface area (Å²) in [5, 5.41) is 8.18. The van der Waals surface area contributed by atoms with Crippen LogP contribution in [0.4, 0.5) is 8.78 Å². The van der Waals surface area contributed by atoms with E-state index >= 15 is 8.78 Å². The van der Waals surface area contributed by atoms with Crippen LogP contribution < -0.4 is 0 Å². The Balaban J connectivity index is 1.75. The second-order valence-electron chi connectivity index (χ2n) is 5.58. The van der Waals surface area contributed by atoms with Crippen molar-refractivity contribution in [3.63, 3.8) is 0 Å². The van der Waals surface area contributed by atoms with E-state index in [0.717, 1.165) is 0 Å². The molecular formula is C19H14F2N4. The summed E-state index contributed by atoms with van der Waals surface area (Å²) in [6, 6.07) is 16.0. The predicted octanol–water partition coefficient (Wildman–Crippen LogP) is 4.20. The first-order valence-electron chi connectivity index (χ1n) is 7.73. The molecule has 6 heteroatoms. The summed E-state index contributed by atoms with van der Waals surface area (Å²) in [5.41, 5.74) is 1.01. The SMILES string of the molecule is FC(F)(c1cccc(-n2cccn2)c1)c1cccc(-n2cccn2)c1. The third-order valence-electron chi connectivity index (χ3n) is 3.96. The predicted molar refractivity (Wildman–Crippen MR) is 90.1 cm³/mol. The zero-order valence-corrected chi connectivity index (χ0v) is 13.1. The van der Waals surface area contributed by atoms with E-state index < -0.39 is 5.92 Å². The van der Waals surface area contributed by atoms with Gasteiger partial charge in [-0.15, -0.1) is 0 Å². The van der Waals surface area contributed by atoms with Gasteiger partial charge in [-0.25, -0.2) is 9.36 Å². The number of alkyl halides is 2. The number of hydrogen-bond donors (Lipinski definition) is 0. The van der Waals surface area contributed by atoms with Crippen molar-refractivity contribution in [2.75, 3.05) is 0 Å². The van der Waals surface area contributed by atoms with Gasteiger partial charge in [-0.05, 0) is 36.4 Å². The van der Waals surface area contributed by atoms with Gasteiger partial charge in [-0.3, -0.25) is 0 Å². The van der Waals surface area contributed by atoms with Gasteiger partial charge in [0.25, 0.3) is 5.92 Å². The van der Waals surface area contributed by atoms with Gasteiger partial charge in [-0.1, -0.05) is 24.3 Å². The first-order chi connectivity index (χ1) is 12.1. The van der Waals surface area contributed by atoms with Crippen molar-refractivity contribution in [2.45, 2.75) is 5.92 Å². The Bertz CT molecular complexity index is 897. The molecule has 4 nitrogen and oxygen atoms in total. The standard InChI is InChI=1S/C19H14F2N4/c20-19(21,15-5-1-7-17(13-15)24-11-3-9-22-24)16-6-2-8-18(14-16)25-12-4-10-23-25/h1-14H. The molecule has 2 heterocycles. The molecule has 0 atom stereocenters. The number of nitrogens with zero attached hydrogens (tertiary/aromatic N) is 4. The van der Waals surface area contributed by atoms with Gasteiger partial charge in [0.15, 0.2) is 0 Å². The number of rotatable bonds is 4. The average Bonchev–Trinajstić information content (AvgIpc) is 3.36. The normalized spacial score (nSPS) is 11.6. The molecule has 0 amide bonds. The lowest BCUT2D eigenvalue weighted by molar-refractivity contribution is 0.0428. The van der Waals surface area contributed by atoms with Gasteiger partial charge in [0, 0.05) is 35.9 Å². The lowest BCUT2D eigenvalue weighted by atomic mass is 9.99. The summed E-state index contributed by atoms with van der Waals surface area (Å²) in [7, 11) is 0. The van der Waals surface area contributed by atoms with Gasteiger partial charge in [0.2, 0.25) is 0 Å². The molecule has 0 bridgehead atoms. The Kier molecular flexibility index (Phi) is 3.65. The monoisotopic (exact) mass is 336 g/mol. The van der Waals surface area contributed by atoms with Crippen molar-refractivity contribution in [3.05, 3.63) is 96.6 Å². The van der Waals surface area contributed by atoms with E-state index in [2.05, 4.69) is 10.2 Å². The number of halogens is 2. The molecule has 0 aliphatic heterocycles. The largest absolute Gasteiger partial charge is 0.298 e. The van der Waals surface area contributed by atoms with Crippen LogP contribution in [0.25, 0.3) is 11.4 Å². The first-order valence-corrected chi connectivity index (χ1v) is 7.73. The lowest BCUT2D eigenvalue weighted by Crippen LogP contribution is -2.16. The molecule has 124 valence electrons. The van der Waals surface area contributed by atoms with Crippen molar-refractivity contribution < 1.29 is 8.78 Å². The highest BCUT2D eigenvalue weighted by molar-refractivity contribution is 5.44. The minimum absolute atomic E-state index is 0.0851. The number of aromatic nitrogens is 4. The molecule has 4 rings (SSSR count). The Hall–Kier alpha value is -3.28. The van der Waals surface area contributed by atoms with Crippen LogP contribution in [-0.4, -0.2) is 19.6 Å². The summed E-state index contributed by atoms with van der Waals surface area (Å²) in [6.45, 7) is 0. The summed E-state index contributed by atoms with van der Waals surface area (Å²) in [6.07, 6.45) is 6.65. The van der Waals surface area contributed by atoms with E-state index in [4.69, 9.17) is 0 Å². The van der Waals surface area contributed by atoms with E-state index in [1.54, 1.807) is 70.5 Å². The van der Waals surface area contributed by atoms with Crippen LogP contribution in [-0.2, 0) is 5.92 Å². The van der Waals surface area contributed by atoms with Crippen molar-refractivity contribution in [2.24, 2.45) is 0 Å². The topological polar surface area (TPSA) is 35.6 Å². The van der Waals surface area contributed by atoms with E-state index in [1.165, 1.54) is 24.3 Å². The molecule has 0 fully saturated rings. The highest BCUT2D eigenvalue weighted by Gasteiger charge is 2.34. The third-order valence-corrected chi connectivity index (χ3v) is 3.96. The first kappa shape index (κ1) is 15.3.